The molecule has 1 aliphatic heterocycles. The van der Waals surface area contributed by atoms with Crippen molar-refractivity contribution in [1.29, 1.82) is 0 Å². The first-order valence-corrected chi connectivity index (χ1v) is 7.72. The second kappa shape index (κ2) is 7.29. The minimum Gasteiger partial charge on any atom is -0.494 e. The van der Waals surface area contributed by atoms with E-state index in [9.17, 15) is 14.7 Å². The van der Waals surface area contributed by atoms with Gasteiger partial charge in [0.1, 0.15) is 5.75 Å². The zero-order valence-electron chi connectivity index (χ0n) is 13.1. The number of amides is 1. The number of benzene rings is 1. The number of aliphatic carboxylic acids is 1. The van der Waals surface area contributed by atoms with Crippen LogP contribution in [-0.4, -0.2) is 41.6 Å². The second-order valence-corrected chi connectivity index (χ2v) is 5.93. The monoisotopic (exact) mass is 305 g/mol. The summed E-state index contributed by atoms with van der Waals surface area (Å²) in [4.78, 5) is 25.3. The lowest BCUT2D eigenvalue weighted by Crippen LogP contribution is -2.46. The van der Waals surface area contributed by atoms with Crippen LogP contribution in [0.4, 0.5) is 0 Å². The van der Waals surface area contributed by atoms with Gasteiger partial charge in [-0.15, -0.1) is 0 Å². The van der Waals surface area contributed by atoms with Crippen LogP contribution in [0.25, 0.3) is 0 Å². The van der Waals surface area contributed by atoms with E-state index >= 15 is 0 Å². The Morgan fingerprint density at radius 1 is 1.27 bits per heavy atom. The summed E-state index contributed by atoms with van der Waals surface area (Å²) < 4.78 is 5.38. The van der Waals surface area contributed by atoms with E-state index in [0.717, 1.165) is 11.3 Å². The largest absolute Gasteiger partial charge is 0.494 e. The maximum absolute atomic E-state index is 12.4. The van der Waals surface area contributed by atoms with Crippen molar-refractivity contribution in [3.05, 3.63) is 29.8 Å². The number of ether oxygens (including phenoxy) is 1. The maximum atomic E-state index is 12.4. The van der Waals surface area contributed by atoms with Crippen molar-refractivity contribution in [2.75, 3.05) is 19.7 Å². The highest BCUT2D eigenvalue weighted by molar-refractivity contribution is 5.80. The van der Waals surface area contributed by atoms with Crippen LogP contribution in [0.5, 0.6) is 5.75 Å². The third-order valence-corrected chi connectivity index (χ3v) is 3.95. The van der Waals surface area contributed by atoms with Crippen molar-refractivity contribution in [2.45, 2.75) is 26.7 Å². The SMILES string of the molecule is CCOc1ccc(CC(=O)N2CC(C)CC(C(=O)O)C2)cc1. The summed E-state index contributed by atoms with van der Waals surface area (Å²) >= 11 is 0. The van der Waals surface area contributed by atoms with E-state index in [1.54, 1.807) is 4.90 Å². The Bertz CT molecular complexity index is 526. The Labute approximate surface area is 130 Å². The third kappa shape index (κ3) is 4.23. The molecule has 1 fully saturated rings. The van der Waals surface area contributed by atoms with Crippen molar-refractivity contribution in [3.63, 3.8) is 0 Å². The number of likely N-dealkylation sites (tertiary alicyclic amines) is 1. The Hall–Kier alpha value is -2.04. The molecule has 120 valence electrons. The summed E-state index contributed by atoms with van der Waals surface area (Å²) in [6.07, 6.45) is 0.938. The van der Waals surface area contributed by atoms with Gasteiger partial charge in [0.2, 0.25) is 5.91 Å². The standard InChI is InChI=1S/C17H23NO4/c1-3-22-15-6-4-13(5-7-15)9-16(19)18-10-12(2)8-14(11-18)17(20)21/h4-7,12,14H,3,8-11H2,1-2H3,(H,20,21). The van der Waals surface area contributed by atoms with E-state index in [1.807, 2.05) is 38.1 Å². The predicted octanol–water partition coefficient (Wildman–Crippen LogP) is 2.20. The van der Waals surface area contributed by atoms with Crippen molar-refractivity contribution >= 4 is 11.9 Å². The average Bonchev–Trinajstić information content (AvgIpc) is 2.49. The number of hydrogen-bond acceptors (Lipinski definition) is 3. The molecule has 1 aliphatic rings. The minimum atomic E-state index is -0.814. The van der Waals surface area contributed by atoms with E-state index in [2.05, 4.69) is 0 Å². The summed E-state index contributed by atoms with van der Waals surface area (Å²) in [6.45, 7) is 5.48. The molecular formula is C17H23NO4. The summed E-state index contributed by atoms with van der Waals surface area (Å²) in [6, 6.07) is 7.46. The van der Waals surface area contributed by atoms with Gasteiger partial charge in [-0.25, -0.2) is 0 Å². The molecule has 0 radical (unpaired) electrons. The van der Waals surface area contributed by atoms with Crippen molar-refractivity contribution < 1.29 is 19.4 Å². The second-order valence-electron chi connectivity index (χ2n) is 5.93. The van der Waals surface area contributed by atoms with Crippen LogP contribution in [0.3, 0.4) is 0 Å². The topological polar surface area (TPSA) is 66.8 Å². The Kier molecular flexibility index (Phi) is 5.41. The fourth-order valence-corrected chi connectivity index (χ4v) is 2.89. The highest BCUT2D eigenvalue weighted by Gasteiger charge is 2.31. The number of piperidine rings is 1. The molecule has 5 nitrogen and oxygen atoms in total. The Balaban J connectivity index is 1.97. The molecule has 1 N–H and O–H groups in total. The van der Waals surface area contributed by atoms with Crippen molar-refractivity contribution in [1.82, 2.24) is 4.90 Å². The van der Waals surface area contributed by atoms with Crippen LogP contribution < -0.4 is 4.74 Å². The van der Waals surface area contributed by atoms with Gasteiger partial charge in [0.05, 0.1) is 18.9 Å². The first-order chi connectivity index (χ1) is 10.5. The predicted molar refractivity (Wildman–Crippen MR) is 82.8 cm³/mol. The number of hydrogen-bond donors (Lipinski definition) is 1. The van der Waals surface area contributed by atoms with E-state index in [4.69, 9.17) is 4.74 Å². The molecule has 1 amide bonds. The van der Waals surface area contributed by atoms with E-state index in [0.29, 0.717) is 32.5 Å². The lowest BCUT2D eigenvalue weighted by atomic mass is 9.90. The van der Waals surface area contributed by atoms with Gasteiger partial charge in [0, 0.05) is 13.1 Å². The first kappa shape index (κ1) is 16.3. The van der Waals surface area contributed by atoms with Gasteiger partial charge in [0.15, 0.2) is 0 Å². The number of carboxylic acid groups (broad SMARTS) is 1. The molecule has 0 aromatic heterocycles. The summed E-state index contributed by atoms with van der Waals surface area (Å²) in [5, 5.41) is 9.17. The number of nitrogens with zero attached hydrogens (tertiary/aromatic N) is 1. The fourth-order valence-electron chi connectivity index (χ4n) is 2.89. The van der Waals surface area contributed by atoms with E-state index in [-0.39, 0.29) is 11.8 Å². The van der Waals surface area contributed by atoms with Crippen LogP contribution in [-0.2, 0) is 16.0 Å². The highest BCUT2D eigenvalue weighted by atomic mass is 16.5. The molecule has 2 rings (SSSR count). The first-order valence-electron chi connectivity index (χ1n) is 7.72. The Morgan fingerprint density at radius 2 is 1.95 bits per heavy atom. The molecule has 0 bridgehead atoms. The normalized spacial score (nSPS) is 21.5. The average molecular weight is 305 g/mol. The molecule has 2 unspecified atom stereocenters. The molecule has 0 spiro atoms. The van der Waals surface area contributed by atoms with Crippen LogP contribution in [0.1, 0.15) is 25.8 Å². The van der Waals surface area contributed by atoms with Gasteiger partial charge < -0.3 is 14.7 Å². The molecule has 1 aromatic carbocycles. The van der Waals surface area contributed by atoms with Gasteiger partial charge in [0.25, 0.3) is 0 Å². The van der Waals surface area contributed by atoms with Gasteiger partial charge in [-0.3, -0.25) is 9.59 Å². The molecule has 1 aromatic rings. The quantitative estimate of drug-likeness (QED) is 0.905. The van der Waals surface area contributed by atoms with Crippen LogP contribution in [0.2, 0.25) is 0 Å². The third-order valence-electron chi connectivity index (χ3n) is 3.95. The number of carbonyl (C=O) groups excluding carboxylic acids is 1. The molecule has 1 saturated heterocycles. The van der Waals surface area contributed by atoms with Gasteiger partial charge >= 0.3 is 5.97 Å². The number of rotatable bonds is 5. The maximum Gasteiger partial charge on any atom is 0.308 e. The summed E-state index contributed by atoms with van der Waals surface area (Å²) in [7, 11) is 0. The fraction of sp³-hybridized carbons (Fsp3) is 0.529. The Morgan fingerprint density at radius 3 is 2.55 bits per heavy atom. The van der Waals surface area contributed by atoms with E-state index < -0.39 is 11.9 Å². The molecule has 0 saturated carbocycles. The molecule has 5 heteroatoms. The van der Waals surface area contributed by atoms with Gasteiger partial charge in [-0.05, 0) is 37.0 Å². The minimum absolute atomic E-state index is 0.0121. The number of carbonyl (C=O) groups is 2. The van der Waals surface area contributed by atoms with Crippen LogP contribution >= 0.6 is 0 Å². The zero-order chi connectivity index (χ0) is 16.1. The smallest absolute Gasteiger partial charge is 0.308 e. The van der Waals surface area contributed by atoms with E-state index in [1.165, 1.54) is 0 Å². The zero-order valence-corrected chi connectivity index (χ0v) is 13.1. The molecule has 1 heterocycles. The van der Waals surface area contributed by atoms with Gasteiger partial charge in [-0.2, -0.15) is 0 Å². The number of carboxylic acids is 1. The van der Waals surface area contributed by atoms with Crippen molar-refractivity contribution in [3.8, 4) is 5.75 Å². The molecule has 2 atom stereocenters. The summed E-state index contributed by atoms with van der Waals surface area (Å²) in [5.74, 6) is -0.268. The van der Waals surface area contributed by atoms with Crippen molar-refractivity contribution in [2.24, 2.45) is 11.8 Å². The van der Waals surface area contributed by atoms with Crippen LogP contribution in [0.15, 0.2) is 24.3 Å². The summed E-state index contributed by atoms with van der Waals surface area (Å²) in [5.41, 5.74) is 0.915. The molecule has 0 aliphatic carbocycles. The lowest BCUT2D eigenvalue weighted by Gasteiger charge is -2.34. The molecular weight excluding hydrogens is 282 g/mol. The lowest BCUT2D eigenvalue weighted by molar-refractivity contribution is -0.146. The van der Waals surface area contributed by atoms with Crippen LogP contribution in [0, 0.1) is 11.8 Å². The molecule has 22 heavy (non-hydrogen) atoms. The van der Waals surface area contributed by atoms with Gasteiger partial charge in [-0.1, -0.05) is 19.1 Å². The highest BCUT2D eigenvalue weighted by Crippen LogP contribution is 2.22.